The molecule has 25 heteroatoms. The Morgan fingerprint density at radius 3 is 1.60 bits per heavy atom. The first-order valence-electron chi connectivity index (χ1n) is 20.7. The summed E-state index contributed by atoms with van der Waals surface area (Å²) >= 11 is 0. The molecule has 2 aromatic rings. The Morgan fingerprint density at radius 1 is 0.612 bits per heavy atom. The summed E-state index contributed by atoms with van der Waals surface area (Å²) in [5.41, 5.74) is 4.79. The Bertz CT molecular complexity index is 2090. The average Bonchev–Trinajstić information content (AvgIpc) is 3.25. The van der Waals surface area contributed by atoms with Crippen LogP contribution >= 0.6 is 0 Å². The van der Waals surface area contributed by atoms with Crippen LogP contribution in [0.3, 0.4) is 0 Å². The first-order valence-corrected chi connectivity index (χ1v) is 20.7. The van der Waals surface area contributed by atoms with Crippen molar-refractivity contribution in [1.82, 2.24) is 37.2 Å². The Hall–Kier alpha value is -7.31. The van der Waals surface area contributed by atoms with Gasteiger partial charge in [-0.3, -0.25) is 47.9 Å². The van der Waals surface area contributed by atoms with E-state index in [0.717, 1.165) is 12.1 Å². The fourth-order valence-electron chi connectivity index (χ4n) is 6.04. The van der Waals surface area contributed by atoms with Gasteiger partial charge in [0.2, 0.25) is 41.4 Å². The van der Waals surface area contributed by atoms with E-state index in [0.29, 0.717) is 17.7 Å². The minimum Gasteiger partial charge on any atom is -0.508 e. The fourth-order valence-corrected chi connectivity index (χ4v) is 6.04. The van der Waals surface area contributed by atoms with Gasteiger partial charge in [0.1, 0.15) is 42.0 Å². The normalized spacial score (nSPS) is 13.9. The van der Waals surface area contributed by atoms with Crippen molar-refractivity contribution in [3.63, 3.8) is 0 Å². The zero-order valence-corrected chi connectivity index (χ0v) is 36.6. The highest BCUT2D eigenvalue weighted by molar-refractivity contribution is 5.99. The second kappa shape index (κ2) is 26.6. The SMILES string of the molecule is CC(C)C[C@H](NC(=O)[C@H](CO)NC(=O)[C@H](CCC(=O)O)NC(=O)CNC(=O)[C@H](C)NC(=O)c1ccc(C(F)(F)F)cc1)C(=O)N[C@@H](CCc1ccc(O)cc1)C(=O)N[C@@H](CCC(=O)O)C(N)=O. The largest absolute Gasteiger partial charge is 0.508 e. The first kappa shape index (κ1) is 55.8. The van der Waals surface area contributed by atoms with Crippen molar-refractivity contribution in [2.24, 2.45) is 11.7 Å². The summed E-state index contributed by atoms with van der Waals surface area (Å²) in [6.45, 7) is 2.67. The van der Waals surface area contributed by atoms with Gasteiger partial charge in [0.25, 0.3) is 5.91 Å². The molecule has 0 aliphatic heterocycles. The molecule has 8 amide bonds. The number of carboxylic acid groups (broad SMARTS) is 2. The predicted molar refractivity (Wildman–Crippen MR) is 227 cm³/mol. The summed E-state index contributed by atoms with van der Waals surface area (Å²) in [7, 11) is 0. The number of carboxylic acids is 2. The molecule has 0 spiro atoms. The number of primary amides is 1. The van der Waals surface area contributed by atoms with Gasteiger partial charge >= 0.3 is 18.1 Å². The second-order valence-electron chi connectivity index (χ2n) is 15.6. The molecule has 0 aliphatic rings. The molecule has 0 saturated heterocycles. The Kier molecular flexibility index (Phi) is 22.2. The molecule has 0 radical (unpaired) electrons. The van der Waals surface area contributed by atoms with E-state index in [2.05, 4.69) is 37.2 Å². The number of halogens is 3. The molecule has 0 fully saturated rings. The molecule has 13 N–H and O–H groups in total. The van der Waals surface area contributed by atoms with Crippen LogP contribution < -0.4 is 43.0 Å². The highest BCUT2D eigenvalue weighted by Crippen LogP contribution is 2.29. The number of phenols is 1. The van der Waals surface area contributed by atoms with Crippen molar-refractivity contribution in [3.05, 3.63) is 65.2 Å². The molecule has 6 atom stereocenters. The number of carbonyl (C=O) groups excluding carboxylic acids is 8. The fraction of sp³-hybridized carbons (Fsp3) is 0.476. The number of aliphatic hydroxyl groups is 1. The van der Waals surface area contributed by atoms with Crippen LogP contribution in [-0.4, -0.2) is 129 Å². The van der Waals surface area contributed by atoms with Crippen molar-refractivity contribution >= 4 is 59.2 Å². The van der Waals surface area contributed by atoms with Gasteiger partial charge in [-0.25, -0.2) is 0 Å². The van der Waals surface area contributed by atoms with Crippen LogP contribution in [0.15, 0.2) is 48.5 Å². The number of benzene rings is 2. The van der Waals surface area contributed by atoms with E-state index in [9.17, 15) is 76.4 Å². The first-order chi connectivity index (χ1) is 31.3. The number of amides is 8. The van der Waals surface area contributed by atoms with Crippen LogP contribution in [0.1, 0.15) is 80.8 Å². The number of alkyl halides is 3. The van der Waals surface area contributed by atoms with E-state index in [1.165, 1.54) is 19.1 Å². The molecule has 0 heterocycles. The van der Waals surface area contributed by atoms with Gasteiger partial charge < -0.3 is 63.4 Å². The van der Waals surface area contributed by atoms with E-state index < -0.39 is 140 Å². The zero-order chi connectivity index (χ0) is 50.6. The van der Waals surface area contributed by atoms with Crippen molar-refractivity contribution in [2.45, 2.75) is 108 Å². The number of nitrogens with two attached hydrogens (primary N) is 1. The quantitative estimate of drug-likeness (QED) is 0.0509. The lowest BCUT2D eigenvalue weighted by Gasteiger charge is -2.27. The number of carbonyl (C=O) groups is 10. The van der Waals surface area contributed by atoms with Crippen molar-refractivity contribution < 1.29 is 81.5 Å². The molecule has 2 rings (SSSR count). The lowest BCUT2D eigenvalue weighted by atomic mass is 10.00. The van der Waals surface area contributed by atoms with Gasteiger partial charge in [-0.15, -0.1) is 0 Å². The summed E-state index contributed by atoms with van der Waals surface area (Å²) < 4.78 is 38.6. The molecule has 67 heavy (non-hydrogen) atoms. The average molecular weight is 953 g/mol. The van der Waals surface area contributed by atoms with Crippen LogP contribution in [0.2, 0.25) is 0 Å². The number of hydrogen-bond donors (Lipinski definition) is 12. The van der Waals surface area contributed by atoms with E-state index in [4.69, 9.17) is 10.8 Å². The molecule has 0 bridgehead atoms. The monoisotopic (exact) mass is 952 g/mol. The summed E-state index contributed by atoms with van der Waals surface area (Å²) in [6.07, 6.45) is -6.84. The molecular weight excluding hydrogens is 897 g/mol. The molecule has 0 unspecified atom stereocenters. The molecule has 368 valence electrons. The Morgan fingerprint density at radius 2 is 1.09 bits per heavy atom. The minimum atomic E-state index is -4.65. The lowest BCUT2D eigenvalue weighted by molar-refractivity contribution is -0.139. The minimum absolute atomic E-state index is 0.0400. The number of hydrogen-bond acceptors (Lipinski definition) is 12. The maximum absolute atomic E-state index is 13.8. The summed E-state index contributed by atoms with van der Waals surface area (Å²) in [5, 5.41) is 54.2. The summed E-state index contributed by atoms with van der Waals surface area (Å²) in [6, 6.07) is -0.0897. The van der Waals surface area contributed by atoms with Crippen LogP contribution in [-0.2, 0) is 55.7 Å². The van der Waals surface area contributed by atoms with Gasteiger partial charge in [0.15, 0.2) is 0 Å². The summed E-state index contributed by atoms with van der Waals surface area (Å²) in [5.74, 6) is -11.1. The Labute approximate surface area is 381 Å². The van der Waals surface area contributed by atoms with E-state index in [1.54, 1.807) is 26.0 Å². The van der Waals surface area contributed by atoms with Gasteiger partial charge in [0.05, 0.1) is 18.7 Å². The van der Waals surface area contributed by atoms with Crippen LogP contribution in [0.4, 0.5) is 13.2 Å². The number of nitrogens with one attached hydrogen (secondary N) is 7. The number of phenolic OH excluding ortho intramolecular Hbond substituents is 1. The van der Waals surface area contributed by atoms with Crippen molar-refractivity contribution in [3.8, 4) is 5.75 Å². The van der Waals surface area contributed by atoms with Crippen LogP contribution in [0.25, 0.3) is 0 Å². The predicted octanol–water partition coefficient (Wildman–Crippen LogP) is -1.04. The van der Waals surface area contributed by atoms with Gasteiger partial charge in [-0.2, -0.15) is 13.2 Å². The smallest absolute Gasteiger partial charge is 0.416 e. The number of aryl methyl sites for hydroxylation is 1. The third-order valence-electron chi connectivity index (χ3n) is 9.69. The van der Waals surface area contributed by atoms with E-state index >= 15 is 0 Å². The standard InChI is InChI=1S/C42H55F3N8O14/c1-21(2)18-30(40(66)51-29(13-6-23-4-11-26(55)12-5-23)39(65)50-27(35(46)61)14-16-33(57)58)52-41(67)31(20-54)53-38(64)28(15-17-34(59)60)49-32(56)19-47-36(62)22(3)48-37(63)24-7-9-25(10-8-24)42(43,44)45/h4-5,7-12,21-22,27-31,54-55H,6,13-20H2,1-3H3,(H2,46,61)(H,47,62)(H,48,63)(H,49,56)(H,50,65)(H,51,66)(H,52,67)(H,53,64)(H,57,58)(H,59,60)/t22-,27-,28-,29-,30-,31-/m0/s1. The van der Waals surface area contributed by atoms with Crippen LogP contribution in [0.5, 0.6) is 5.75 Å². The Balaban J connectivity index is 2.17. The molecule has 22 nitrogen and oxygen atoms in total. The van der Waals surface area contributed by atoms with Gasteiger partial charge in [-0.05, 0) is 86.9 Å². The van der Waals surface area contributed by atoms with Crippen molar-refractivity contribution in [2.75, 3.05) is 13.2 Å². The van der Waals surface area contributed by atoms with E-state index in [-0.39, 0.29) is 42.9 Å². The number of aromatic hydroxyl groups is 1. The second-order valence-corrected chi connectivity index (χ2v) is 15.6. The van der Waals surface area contributed by atoms with Gasteiger partial charge in [0, 0.05) is 18.4 Å². The summed E-state index contributed by atoms with van der Waals surface area (Å²) in [4.78, 5) is 127. The van der Waals surface area contributed by atoms with Crippen LogP contribution in [0, 0.1) is 5.92 Å². The topological polar surface area (TPSA) is 362 Å². The number of rotatable bonds is 27. The number of aliphatic hydroxyl groups excluding tert-OH is 1. The molecule has 0 saturated carbocycles. The van der Waals surface area contributed by atoms with Gasteiger partial charge in [-0.1, -0.05) is 26.0 Å². The third kappa shape index (κ3) is 20.2. The molecular formula is C42H55F3N8O14. The molecule has 2 aromatic carbocycles. The van der Waals surface area contributed by atoms with Crippen molar-refractivity contribution in [1.29, 1.82) is 0 Å². The maximum Gasteiger partial charge on any atom is 0.416 e. The highest BCUT2D eigenvalue weighted by Gasteiger charge is 2.34. The molecule has 0 aliphatic carbocycles. The highest BCUT2D eigenvalue weighted by atomic mass is 19.4. The number of aliphatic carboxylic acids is 2. The van der Waals surface area contributed by atoms with E-state index in [1.807, 2.05) is 0 Å². The lowest BCUT2D eigenvalue weighted by Crippen LogP contribution is -2.60. The molecule has 0 aromatic heterocycles. The zero-order valence-electron chi connectivity index (χ0n) is 36.6. The third-order valence-corrected chi connectivity index (χ3v) is 9.69. The maximum atomic E-state index is 13.8.